The number of fused-ring (bicyclic) bond motifs is 1. The molecule has 2 aromatic carbocycles. The van der Waals surface area contributed by atoms with Crippen molar-refractivity contribution in [1.29, 1.82) is 0 Å². The first kappa shape index (κ1) is 27.6. The smallest absolute Gasteiger partial charge is 0.243 e. The summed E-state index contributed by atoms with van der Waals surface area (Å²) in [4.78, 5) is 16.8. The van der Waals surface area contributed by atoms with Crippen molar-refractivity contribution in [2.24, 2.45) is 0 Å². The molecule has 0 fully saturated rings. The Morgan fingerprint density at radius 3 is 2.57 bits per heavy atom. The quantitative estimate of drug-likeness (QED) is 0.309. The molecule has 37 heavy (non-hydrogen) atoms. The fraction of sp³-hybridized carbons (Fsp3) is 0.370. The van der Waals surface area contributed by atoms with Crippen LogP contribution in [0.5, 0.6) is 5.75 Å². The second-order valence-electron chi connectivity index (χ2n) is 8.91. The zero-order chi connectivity index (χ0) is 26.4. The number of sulfonamides is 1. The van der Waals surface area contributed by atoms with Crippen LogP contribution in [0.1, 0.15) is 28.5 Å². The van der Waals surface area contributed by atoms with E-state index in [-0.39, 0.29) is 36.5 Å². The molecule has 1 amide bonds. The van der Waals surface area contributed by atoms with Crippen molar-refractivity contribution >= 4 is 38.9 Å². The van der Waals surface area contributed by atoms with Gasteiger partial charge < -0.3 is 14.4 Å². The van der Waals surface area contributed by atoms with Crippen LogP contribution in [-0.4, -0.2) is 63.5 Å². The highest BCUT2D eigenvalue weighted by Crippen LogP contribution is 2.34. The molecule has 0 N–H and O–H groups in total. The molecule has 198 valence electrons. The molecule has 7 nitrogen and oxygen atoms in total. The number of halogens is 1. The topological polar surface area (TPSA) is 76.2 Å². The number of methoxy groups -OCH3 is 1. The first-order valence-electron chi connectivity index (χ1n) is 12.1. The molecule has 0 bridgehead atoms. The van der Waals surface area contributed by atoms with Crippen LogP contribution >= 0.6 is 22.9 Å². The predicted octanol–water partition coefficient (Wildman–Crippen LogP) is 4.94. The lowest BCUT2D eigenvalue weighted by Gasteiger charge is -2.37. The number of hydrogen-bond donors (Lipinski definition) is 0. The van der Waals surface area contributed by atoms with Crippen LogP contribution < -0.4 is 4.74 Å². The van der Waals surface area contributed by atoms with Crippen LogP contribution in [0.3, 0.4) is 0 Å². The Labute approximate surface area is 227 Å². The number of carbonyl (C=O) groups is 1. The highest BCUT2D eigenvalue weighted by Gasteiger charge is 2.35. The van der Waals surface area contributed by atoms with Crippen molar-refractivity contribution in [3.63, 3.8) is 0 Å². The minimum Gasteiger partial charge on any atom is -0.491 e. The molecule has 4 rings (SSSR count). The van der Waals surface area contributed by atoms with E-state index in [4.69, 9.17) is 21.1 Å². The highest BCUT2D eigenvalue weighted by molar-refractivity contribution is 7.89. The Hall–Kier alpha value is -2.43. The summed E-state index contributed by atoms with van der Waals surface area (Å²) in [6, 6.07) is 15.5. The molecule has 0 unspecified atom stereocenters. The van der Waals surface area contributed by atoms with Gasteiger partial charge in [0, 0.05) is 36.7 Å². The molecular weight excluding hydrogens is 532 g/mol. The van der Waals surface area contributed by atoms with Gasteiger partial charge in [-0.3, -0.25) is 4.79 Å². The molecular formula is C27H31ClN2O5S2. The van der Waals surface area contributed by atoms with Crippen molar-refractivity contribution in [2.75, 3.05) is 40.0 Å². The minimum absolute atomic E-state index is 0.171. The predicted molar refractivity (Wildman–Crippen MR) is 146 cm³/mol. The summed E-state index contributed by atoms with van der Waals surface area (Å²) in [5.41, 5.74) is 2.01. The summed E-state index contributed by atoms with van der Waals surface area (Å²) in [7, 11) is -2.30. The van der Waals surface area contributed by atoms with Crippen LogP contribution in [-0.2, 0) is 26.0 Å². The molecule has 0 saturated heterocycles. The van der Waals surface area contributed by atoms with E-state index in [2.05, 4.69) is 0 Å². The van der Waals surface area contributed by atoms with Gasteiger partial charge in [0.15, 0.2) is 0 Å². The Morgan fingerprint density at radius 1 is 1.14 bits per heavy atom. The maximum atomic E-state index is 13.7. The van der Waals surface area contributed by atoms with Gasteiger partial charge >= 0.3 is 0 Å². The molecule has 0 saturated carbocycles. The van der Waals surface area contributed by atoms with Gasteiger partial charge in [0.1, 0.15) is 12.4 Å². The van der Waals surface area contributed by atoms with Gasteiger partial charge in [0.25, 0.3) is 0 Å². The monoisotopic (exact) mass is 562 g/mol. The number of aryl methyl sites for hydroxylation is 1. The Kier molecular flexibility index (Phi) is 9.26. The second kappa shape index (κ2) is 12.4. The number of benzene rings is 2. The second-order valence-corrected chi connectivity index (χ2v) is 12.3. The van der Waals surface area contributed by atoms with Crippen molar-refractivity contribution < 1.29 is 22.7 Å². The molecule has 1 aromatic heterocycles. The van der Waals surface area contributed by atoms with Gasteiger partial charge in [-0.15, -0.1) is 11.3 Å². The van der Waals surface area contributed by atoms with Crippen molar-refractivity contribution in [3.8, 4) is 5.75 Å². The van der Waals surface area contributed by atoms with E-state index >= 15 is 0 Å². The van der Waals surface area contributed by atoms with Crippen LogP contribution in [0.15, 0.2) is 64.9 Å². The zero-order valence-corrected chi connectivity index (χ0v) is 23.3. The molecule has 3 aromatic rings. The van der Waals surface area contributed by atoms with E-state index in [1.807, 2.05) is 18.4 Å². The third-order valence-electron chi connectivity index (χ3n) is 6.36. The zero-order valence-electron chi connectivity index (χ0n) is 20.9. The van der Waals surface area contributed by atoms with E-state index in [0.717, 1.165) is 17.5 Å². The number of carbonyl (C=O) groups excluding carboxylic acids is 1. The van der Waals surface area contributed by atoms with E-state index < -0.39 is 10.0 Å². The molecule has 10 heteroatoms. The molecule has 2 heterocycles. The Bertz CT molecular complexity index is 1290. The number of thiophene rings is 1. The number of rotatable bonds is 11. The molecule has 0 spiro atoms. The summed E-state index contributed by atoms with van der Waals surface area (Å²) >= 11 is 7.66. The van der Waals surface area contributed by atoms with Crippen molar-refractivity contribution in [2.45, 2.75) is 30.7 Å². The SMILES string of the molecule is COCCCN(CC(=O)N1CCc2sccc2[C@@H]1COc1ccc(Cl)cc1)S(=O)(=O)c1ccc(C)cc1. The summed E-state index contributed by atoms with van der Waals surface area (Å²) in [5.74, 6) is 0.400. The molecule has 1 atom stereocenters. The number of amides is 1. The largest absolute Gasteiger partial charge is 0.491 e. The van der Waals surface area contributed by atoms with Crippen LogP contribution in [0.4, 0.5) is 0 Å². The Morgan fingerprint density at radius 2 is 1.86 bits per heavy atom. The van der Waals surface area contributed by atoms with Gasteiger partial charge in [0.05, 0.1) is 17.5 Å². The average Bonchev–Trinajstić information content (AvgIpc) is 3.37. The van der Waals surface area contributed by atoms with Crippen LogP contribution in [0.2, 0.25) is 5.02 Å². The van der Waals surface area contributed by atoms with E-state index in [1.165, 1.54) is 9.18 Å². The van der Waals surface area contributed by atoms with Crippen molar-refractivity contribution in [3.05, 3.63) is 81.0 Å². The number of ether oxygens (including phenoxy) is 2. The maximum Gasteiger partial charge on any atom is 0.243 e. The van der Waals surface area contributed by atoms with Crippen LogP contribution in [0.25, 0.3) is 0 Å². The van der Waals surface area contributed by atoms with Gasteiger partial charge in [-0.25, -0.2) is 8.42 Å². The normalized spacial score (nSPS) is 15.6. The summed E-state index contributed by atoms with van der Waals surface area (Å²) in [6.07, 6.45) is 1.21. The lowest BCUT2D eigenvalue weighted by Crippen LogP contribution is -2.48. The Balaban J connectivity index is 1.55. The molecule has 0 radical (unpaired) electrons. The first-order chi connectivity index (χ1) is 17.8. The maximum absolute atomic E-state index is 13.7. The third-order valence-corrected chi connectivity index (χ3v) is 9.47. The highest BCUT2D eigenvalue weighted by atomic mass is 35.5. The van der Waals surface area contributed by atoms with E-state index in [1.54, 1.807) is 71.9 Å². The van der Waals surface area contributed by atoms with E-state index in [9.17, 15) is 13.2 Å². The first-order valence-corrected chi connectivity index (χ1v) is 14.8. The number of hydrogen-bond acceptors (Lipinski definition) is 6. The fourth-order valence-corrected chi connectivity index (χ4v) is 6.83. The summed E-state index contributed by atoms with van der Waals surface area (Å²) in [6.45, 7) is 2.98. The third kappa shape index (κ3) is 6.72. The molecule has 1 aliphatic heterocycles. The van der Waals surface area contributed by atoms with E-state index in [0.29, 0.717) is 30.3 Å². The van der Waals surface area contributed by atoms with Gasteiger partial charge in [-0.1, -0.05) is 29.3 Å². The standard InChI is InChI=1S/C27H31ClN2O5S2/c1-20-4-10-23(11-5-20)37(32,33)29(14-3-16-34-2)18-27(31)30-15-12-26-24(13-17-36-26)25(30)19-35-22-8-6-21(28)7-9-22/h4-11,13,17,25H,3,12,14-16,18-19H2,1-2H3/t25-/m0/s1. The fourth-order valence-electron chi connectivity index (χ4n) is 4.35. The van der Waals surface area contributed by atoms with Gasteiger partial charge in [-0.2, -0.15) is 4.31 Å². The lowest BCUT2D eigenvalue weighted by molar-refractivity contribution is -0.135. The van der Waals surface area contributed by atoms with Gasteiger partial charge in [-0.05, 0) is 73.2 Å². The minimum atomic E-state index is -3.87. The number of nitrogens with zero attached hydrogens (tertiary/aromatic N) is 2. The van der Waals surface area contributed by atoms with Crippen molar-refractivity contribution in [1.82, 2.24) is 9.21 Å². The molecule has 0 aliphatic carbocycles. The summed E-state index contributed by atoms with van der Waals surface area (Å²) < 4.78 is 39.5. The summed E-state index contributed by atoms with van der Waals surface area (Å²) in [5, 5.41) is 2.64. The average molecular weight is 563 g/mol. The lowest BCUT2D eigenvalue weighted by atomic mass is 10.0. The molecule has 1 aliphatic rings. The van der Waals surface area contributed by atoms with Gasteiger partial charge in [0.2, 0.25) is 15.9 Å². The van der Waals surface area contributed by atoms with Crippen LogP contribution in [0, 0.1) is 6.92 Å².